The average Bonchev–Trinajstić information content (AvgIpc) is 3.29. The van der Waals surface area contributed by atoms with Gasteiger partial charge in [-0.2, -0.15) is 0 Å². The van der Waals surface area contributed by atoms with Gasteiger partial charge in [-0.05, 0) is 49.6 Å². The van der Waals surface area contributed by atoms with E-state index in [2.05, 4.69) is 32.8 Å². The maximum atomic E-state index is 12.2. The normalized spacial score (nSPS) is 14.4. The highest BCUT2D eigenvalue weighted by atomic mass is 16.5. The molecule has 2 aromatic carbocycles. The van der Waals surface area contributed by atoms with Crippen LogP contribution in [0, 0.1) is 5.92 Å². The van der Waals surface area contributed by atoms with Gasteiger partial charge in [0, 0.05) is 30.5 Å². The number of esters is 1. The van der Waals surface area contributed by atoms with Crippen molar-refractivity contribution in [3.05, 3.63) is 67.1 Å². The molecule has 174 valence electrons. The van der Waals surface area contributed by atoms with Gasteiger partial charge in [0.15, 0.2) is 5.65 Å². The number of carbonyl (C=O) groups is 1. The highest BCUT2D eigenvalue weighted by Gasteiger charge is 2.29. The summed E-state index contributed by atoms with van der Waals surface area (Å²) >= 11 is 0. The summed E-state index contributed by atoms with van der Waals surface area (Å²) in [5, 5.41) is 1.01. The molecule has 0 spiro atoms. The fraction of sp³-hybridized carbons (Fsp3) is 0.296. The summed E-state index contributed by atoms with van der Waals surface area (Å²) in [4.78, 5) is 23.9. The van der Waals surface area contributed by atoms with Gasteiger partial charge >= 0.3 is 5.97 Å². The van der Waals surface area contributed by atoms with Gasteiger partial charge in [-0.1, -0.05) is 30.3 Å². The molecule has 0 bridgehead atoms. The van der Waals surface area contributed by atoms with E-state index in [-0.39, 0.29) is 11.9 Å². The fourth-order valence-corrected chi connectivity index (χ4v) is 4.65. The molecule has 7 nitrogen and oxygen atoms in total. The molecular weight excluding hydrogens is 428 g/mol. The van der Waals surface area contributed by atoms with E-state index >= 15 is 0 Å². The predicted molar refractivity (Wildman–Crippen MR) is 132 cm³/mol. The zero-order valence-corrected chi connectivity index (χ0v) is 19.5. The summed E-state index contributed by atoms with van der Waals surface area (Å²) in [6.07, 6.45) is 5.27. The second kappa shape index (κ2) is 9.55. The minimum absolute atomic E-state index is 0.0500. The summed E-state index contributed by atoms with van der Waals surface area (Å²) in [6.45, 7) is 3.77. The van der Waals surface area contributed by atoms with Gasteiger partial charge in [-0.3, -0.25) is 4.79 Å². The van der Waals surface area contributed by atoms with E-state index in [1.165, 1.54) is 0 Å². The Morgan fingerprint density at radius 2 is 1.76 bits per heavy atom. The number of carbonyl (C=O) groups excluding carboxylic acids is 1. The Bertz CT molecular complexity index is 1280. The number of methoxy groups -OCH3 is 1. The van der Waals surface area contributed by atoms with Crippen LogP contribution in [0.4, 0.5) is 5.82 Å². The first-order valence-electron chi connectivity index (χ1n) is 11.7. The van der Waals surface area contributed by atoms with Crippen molar-refractivity contribution in [3.8, 4) is 22.6 Å². The smallest absolute Gasteiger partial charge is 0.309 e. The standard InChI is InChI=1S/C27H28N4O3/c1-3-34-27(32)20-13-15-30(16-14-20)25-24-23(19-7-5-4-6-8-19)17-31(26(24)29-18-28-25)21-9-11-22(33-2)12-10-21/h4-12,17-18,20H,3,13-16H2,1-2H3. The Morgan fingerprint density at radius 3 is 2.44 bits per heavy atom. The number of hydrogen-bond acceptors (Lipinski definition) is 6. The highest BCUT2D eigenvalue weighted by Crippen LogP contribution is 2.38. The molecular formula is C27H28N4O3. The molecule has 0 unspecified atom stereocenters. The van der Waals surface area contributed by atoms with E-state index in [1.54, 1.807) is 13.4 Å². The molecule has 1 fully saturated rings. The third kappa shape index (κ3) is 4.09. The van der Waals surface area contributed by atoms with Crippen LogP contribution in [0.3, 0.4) is 0 Å². The third-order valence-electron chi connectivity index (χ3n) is 6.41. The van der Waals surface area contributed by atoms with Gasteiger partial charge in [0.05, 0.1) is 25.0 Å². The Kier molecular flexibility index (Phi) is 6.16. The Labute approximate surface area is 199 Å². The van der Waals surface area contributed by atoms with Gasteiger partial charge in [-0.15, -0.1) is 0 Å². The van der Waals surface area contributed by atoms with E-state index in [0.717, 1.165) is 65.3 Å². The largest absolute Gasteiger partial charge is 0.497 e. The first kappa shape index (κ1) is 21.9. The molecule has 0 N–H and O–H groups in total. The molecule has 3 heterocycles. The summed E-state index contributed by atoms with van der Waals surface area (Å²) in [7, 11) is 1.66. The summed E-state index contributed by atoms with van der Waals surface area (Å²) in [6, 6.07) is 18.3. The number of anilines is 1. The molecule has 0 aliphatic carbocycles. The summed E-state index contributed by atoms with van der Waals surface area (Å²) in [5.41, 5.74) is 4.03. The molecule has 34 heavy (non-hydrogen) atoms. The molecule has 1 aliphatic heterocycles. The van der Waals surface area contributed by atoms with E-state index in [1.807, 2.05) is 49.4 Å². The second-order valence-electron chi connectivity index (χ2n) is 8.39. The molecule has 2 aromatic heterocycles. The molecule has 0 amide bonds. The Hall–Kier alpha value is -3.87. The molecule has 1 aliphatic rings. The lowest BCUT2D eigenvalue weighted by Gasteiger charge is -2.32. The van der Waals surface area contributed by atoms with Crippen molar-refractivity contribution in [3.63, 3.8) is 0 Å². The topological polar surface area (TPSA) is 69.5 Å². The second-order valence-corrected chi connectivity index (χ2v) is 8.39. The van der Waals surface area contributed by atoms with Crippen molar-refractivity contribution >= 4 is 22.8 Å². The minimum atomic E-state index is -0.0920. The van der Waals surface area contributed by atoms with Gasteiger partial charge in [0.25, 0.3) is 0 Å². The van der Waals surface area contributed by atoms with Gasteiger partial charge < -0.3 is 18.9 Å². The van der Waals surface area contributed by atoms with E-state index in [9.17, 15) is 4.79 Å². The first-order chi connectivity index (χ1) is 16.7. The van der Waals surface area contributed by atoms with Crippen LogP contribution >= 0.6 is 0 Å². The lowest BCUT2D eigenvalue weighted by atomic mass is 9.96. The Balaban J connectivity index is 1.58. The Morgan fingerprint density at radius 1 is 1.03 bits per heavy atom. The van der Waals surface area contributed by atoms with Crippen molar-refractivity contribution in [2.24, 2.45) is 5.92 Å². The quantitative estimate of drug-likeness (QED) is 0.385. The predicted octanol–water partition coefficient (Wildman–Crippen LogP) is 4.88. The molecule has 0 radical (unpaired) electrons. The molecule has 5 rings (SSSR count). The SMILES string of the molecule is CCOC(=O)C1CCN(c2ncnc3c2c(-c2ccccc2)cn3-c2ccc(OC)cc2)CC1. The number of fused-ring (bicyclic) bond motifs is 1. The number of hydrogen-bond donors (Lipinski definition) is 0. The zero-order valence-electron chi connectivity index (χ0n) is 19.5. The fourth-order valence-electron chi connectivity index (χ4n) is 4.65. The third-order valence-corrected chi connectivity index (χ3v) is 6.41. The van der Waals surface area contributed by atoms with Crippen LogP contribution in [-0.4, -0.2) is 47.3 Å². The zero-order chi connectivity index (χ0) is 23.5. The number of nitrogens with zero attached hydrogens (tertiary/aromatic N) is 4. The molecule has 4 aromatic rings. The van der Waals surface area contributed by atoms with Crippen molar-refractivity contribution < 1.29 is 14.3 Å². The number of benzene rings is 2. The van der Waals surface area contributed by atoms with Crippen LogP contribution in [0.15, 0.2) is 67.1 Å². The maximum absolute atomic E-state index is 12.2. The summed E-state index contributed by atoms with van der Waals surface area (Å²) in [5.74, 6) is 1.57. The van der Waals surface area contributed by atoms with Crippen molar-refractivity contribution in [1.82, 2.24) is 14.5 Å². The number of rotatable bonds is 6. The lowest BCUT2D eigenvalue weighted by Crippen LogP contribution is -2.37. The number of aromatic nitrogens is 3. The molecule has 1 saturated heterocycles. The van der Waals surface area contributed by atoms with Crippen molar-refractivity contribution in [2.75, 3.05) is 31.7 Å². The van der Waals surface area contributed by atoms with Crippen LogP contribution in [0.25, 0.3) is 27.8 Å². The molecule has 0 atom stereocenters. The highest BCUT2D eigenvalue weighted by molar-refractivity contribution is 6.02. The van der Waals surface area contributed by atoms with Crippen LogP contribution < -0.4 is 9.64 Å². The van der Waals surface area contributed by atoms with E-state index in [4.69, 9.17) is 14.5 Å². The number of piperidine rings is 1. The van der Waals surface area contributed by atoms with Gasteiger partial charge in [0.2, 0.25) is 0 Å². The molecule has 7 heteroatoms. The first-order valence-corrected chi connectivity index (χ1v) is 11.7. The van der Waals surface area contributed by atoms with Gasteiger partial charge in [-0.25, -0.2) is 9.97 Å². The van der Waals surface area contributed by atoms with Crippen LogP contribution in [0.1, 0.15) is 19.8 Å². The number of ether oxygens (including phenoxy) is 2. The maximum Gasteiger partial charge on any atom is 0.309 e. The van der Waals surface area contributed by atoms with Gasteiger partial charge in [0.1, 0.15) is 17.9 Å². The van der Waals surface area contributed by atoms with Crippen LogP contribution in [0.5, 0.6) is 5.75 Å². The average molecular weight is 457 g/mol. The molecule has 0 saturated carbocycles. The van der Waals surface area contributed by atoms with Crippen LogP contribution in [0.2, 0.25) is 0 Å². The lowest BCUT2D eigenvalue weighted by molar-refractivity contribution is -0.148. The monoisotopic (exact) mass is 456 g/mol. The van der Waals surface area contributed by atoms with Crippen molar-refractivity contribution in [1.29, 1.82) is 0 Å². The van der Waals surface area contributed by atoms with Crippen LogP contribution in [-0.2, 0) is 9.53 Å². The minimum Gasteiger partial charge on any atom is -0.497 e. The van der Waals surface area contributed by atoms with E-state index in [0.29, 0.717) is 6.61 Å². The summed E-state index contributed by atoms with van der Waals surface area (Å²) < 4.78 is 12.7. The van der Waals surface area contributed by atoms with E-state index < -0.39 is 0 Å². The van der Waals surface area contributed by atoms with Crippen molar-refractivity contribution in [2.45, 2.75) is 19.8 Å².